The quantitative estimate of drug-likeness (QED) is 0.401. The first-order valence-corrected chi connectivity index (χ1v) is 9.92. The SMILES string of the molecule is C[NH+](C)CCOC(=O)CCCN1C(=O)/C(=C/c2ccc(Cl)cc2)SC1=S. The molecule has 0 aromatic heterocycles. The molecule has 1 aromatic rings. The van der Waals surface area contributed by atoms with Crippen LogP contribution in [0.3, 0.4) is 0 Å². The lowest BCUT2D eigenvalue weighted by atomic mass is 10.2. The molecule has 0 spiro atoms. The van der Waals surface area contributed by atoms with Gasteiger partial charge in [-0.2, -0.15) is 0 Å². The van der Waals surface area contributed by atoms with E-state index >= 15 is 0 Å². The Labute approximate surface area is 168 Å². The number of nitrogens with one attached hydrogen (secondary N) is 1. The van der Waals surface area contributed by atoms with E-state index in [1.165, 1.54) is 16.7 Å². The van der Waals surface area contributed by atoms with Crippen molar-refractivity contribution in [3.8, 4) is 0 Å². The number of nitrogens with zero attached hydrogens (tertiary/aromatic N) is 1. The van der Waals surface area contributed by atoms with E-state index in [0.29, 0.717) is 33.8 Å². The van der Waals surface area contributed by atoms with Crippen LogP contribution in [0.5, 0.6) is 0 Å². The van der Waals surface area contributed by atoms with Crippen LogP contribution in [0.25, 0.3) is 6.08 Å². The number of halogens is 1. The Morgan fingerprint density at radius 3 is 2.69 bits per heavy atom. The fraction of sp³-hybridized carbons (Fsp3) is 0.389. The minimum absolute atomic E-state index is 0.125. The zero-order valence-electron chi connectivity index (χ0n) is 14.8. The van der Waals surface area contributed by atoms with Crippen LogP contribution >= 0.6 is 35.6 Å². The third-order valence-electron chi connectivity index (χ3n) is 3.67. The lowest BCUT2D eigenvalue weighted by molar-refractivity contribution is -0.858. The second-order valence-electron chi connectivity index (χ2n) is 6.17. The molecule has 1 aliphatic heterocycles. The Morgan fingerprint density at radius 2 is 2.04 bits per heavy atom. The summed E-state index contributed by atoms with van der Waals surface area (Å²) in [4.78, 5) is 27.6. The van der Waals surface area contributed by atoms with E-state index in [-0.39, 0.29) is 18.3 Å². The van der Waals surface area contributed by atoms with Gasteiger partial charge in [0, 0.05) is 18.0 Å². The molecule has 0 aliphatic carbocycles. The highest BCUT2D eigenvalue weighted by atomic mass is 35.5. The number of thiocarbonyl (C=S) groups is 1. The van der Waals surface area contributed by atoms with Crippen LogP contribution in [-0.2, 0) is 14.3 Å². The van der Waals surface area contributed by atoms with Crippen LogP contribution in [0.15, 0.2) is 29.2 Å². The maximum absolute atomic E-state index is 12.5. The van der Waals surface area contributed by atoms with Crippen molar-refractivity contribution in [3.63, 3.8) is 0 Å². The van der Waals surface area contributed by atoms with E-state index in [9.17, 15) is 9.59 Å². The summed E-state index contributed by atoms with van der Waals surface area (Å²) in [6.45, 7) is 1.60. The normalized spacial score (nSPS) is 16.0. The van der Waals surface area contributed by atoms with Gasteiger partial charge in [-0.05, 0) is 30.2 Å². The van der Waals surface area contributed by atoms with E-state index in [1.54, 1.807) is 23.1 Å². The van der Waals surface area contributed by atoms with Gasteiger partial charge in [-0.15, -0.1) is 0 Å². The van der Waals surface area contributed by atoms with Gasteiger partial charge in [0.2, 0.25) is 0 Å². The first-order valence-electron chi connectivity index (χ1n) is 8.32. The van der Waals surface area contributed by atoms with E-state index in [2.05, 4.69) is 0 Å². The highest BCUT2D eigenvalue weighted by Crippen LogP contribution is 2.32. The molecular weight excluding hydrogens is 392 g/mol. The number of thioether (sulfide) groups is 1. The number of quaternary nitrogens is 1. The molecule has 0 atom stereocenters. The maximum atomic E-state index is 12.5. The zero-order chi connectivity index (χ0) is 19.1. The van der Waals surface area contributed by atoms with Gasteiger partial charge in [-0.1, -0.05) is 47.7 Å². The van der Waals surface area contributed by atoms with Crippen LogP contribution < -0.4 is 4.90 Å². The molecule has 1 fully saturated rings. The number of rotatable bonds is 8. The number of carbonyl (C=O) groups is 2. The molecule has 1 N–H and O–H groups in total. The first kappa shape index (κ1) is 20.9. The average molecular weight is 414 g/mol. The predicted molar refractivity (Wildman–Crippen MR) is 109 cm³/mol. The molecular formula is C18H22ClN2O3S2+. The zero-order valence-corrected chi connectivity index (χ0v) is 17.2. The number of hydrogen-bond donors (Lipinski definition) is 1. The second-order valence-corrected chi connectivity index (χ2v) is 8.28. The Bertz CT molecular complexity index is 705. The topological polar surface area (TPSA) is 51.1 Å². The molecule has 0 saturated carbocycles. The minimum Gasteiger partial charge on any atom is -0.460 e. The maximum Gasteiger partial charge on any atom is 0.306 e. The molecule has 1 aliphatic rings. The van der Waals surface area contributed by atoms with Crippen molar-refractivity contribution in [2.24, 2.45) is 0 Å². The summed E-state index contributed by atoms with van der Waals surface area (Å²) in [6.07, 6.45) is 2.60. The molecule has 1 amide bonds. The smallest absolute Gasteiger partial charge is 0.306 e. The van der Waals surface area contributed by atoms with E-state index < -0.39 is 0 Å². The third kappa shape index (κ3) is 6.39. The summed E-state index contributed by atoms with van der Waals surface area (Å²) >= 11 is 12.4. The fourth-order valence-corrected chi connectivity index (χ4v) is 3.66. The van der Waals surface area contributed by atoms with Crippen molar-refractivity contribution in [1.29, 1.82) is 0 Å². The monoisotopic (exact) mass is 413 g/mol. The number of benzene rings is 1. The van der Waals surface area contributed by atoms with E-state index in [1.807, 2.05) is 26.2 Å². The van der Waals surface area contributed by atoms with Gasteiger partial charge in [0.1, 0.15) is 17.5 Å². The standard InChI is InChI=1S/C18H21ClN2O3S2/c1-20(2)10-11-24-16(22)4-3-9-21-17(23)15(26-18(21)25)12-13-5-7-14(19)8-6-13/h5-8,12H,3-4,9-11H2,1-2H3/p+1/b15-12-. The van der Waals surface area contributed by atoms with E-state index in [4.69, 9.17) is 28.6 Å². The van der Waals surface area contributed by atoms with Crippen LogP contribution in [-0.4, -0.2) is 54.9 Å². The summed E-state index contributed by atoms with van der Waals surface area (Å²) in [7, 11) is 4.00. The van der Waals surface area contributed by atoms with Gasteiger partial charge in [0.05, 0.1) is 19.0 Å². The van der Waals surface area contributed by atoms with E-state index in [0.717, 1.165) is 12.1 Å². The summed E-state index contributed by atoms with van der Waals surface area (Å²) in [5.41, 5.74) is 0.890. The number of carbonyl (C=O) groups excluding carboxylic acids is 2. The molecule has 26 heavy (non-hydrogen) atoms. The summed E-state index contributed by atoms with van der Waals surface area (Å²) < 4.78 is 5.67. The Morgan fingerprint density at radius 1 is 1.35 bits per heavy atom. The Kier molecular flexibility index (Phi) is 8.09. The number of likely N-dealkylation sites (N-methyl/N-ethyl adjacent to an activating group) is 1. The fourth-order valence-electron chi connectivity index (χ4n) is 2.23. The van der Waals surface area contributed by atoms with Crippen molar-refractivity contribution >= 4 is 57.9 Å². The molecule has 1 heterocycles. The highest BCUT2D eigenvalue weighted by Gasteiger charge is 2.31. The molecule has 5 nitrogen and oxygen atoms in total. The van der Waals surface area contributed by atoms with Crippen molar-refractivity contribution in [2.45, 2.75) is 12.8 Å². The number of hydrogen-bond acceptors (Lipinski definition) is 5. The summed E-state index contributed by atoms with van der Waals surface area (Å²) in [5.74, 6) is -0.368. The Balaban J connectivity index is 1.83. The molecule has 0 bridgehead atoms. The predicted octanol–water partition coefficient (Wildman–Crippen LogP) is 2.01. The van der Waals surface area contributed by atoms with Crippen LogP contribution in [0.4, 0.5) is 0 Å². The van der Waals surface area contributed by atoms with Crippen LogP contribution in [0.2, 0.25) is 5.02 Å². The molecule has 140 valence electrons. The molecule has 0 radical (unpaired) electrons. The summed E-state index contributed by atoms with van der Waals surface area (Å²) in [6, 6.07) is 7.25. The van der Waals surface area contributed by atoms with Crippen LogP contribution in [0, 0.1) is 0 Å². The number of esters is 1. The van der Waals surface area contributed by atoms with Gasteiger partial charge >= 0.3 is 5.97 Å². The van der Waals surface area contributed by atoms with Crippen molar-refractivity contribution in [3.05, 3.63) is 39.8 Å². The van der Waals surface area contributed by atoms with Crippen molar-refractivity contribution in [2.75, 3.05) is 33.8 Å². The highest BCUT2D eigenvalue weighted by molar-refractivity contribution is 8.26. The van der Waals surface area contributed by atoms with Crippen LogP contribution in [0.1, 0.15) is 18.4 Å². The molecule has 0 unspecified atom stereocenters. The molecule has 1 aromatic carbocycles. The molecule has 1 saturated heterocycles. The third-order valence-corrected chi connectivity index (χ3v) is 5.30. The Hall–Kier alpha value is -1.41. The van der Waals surface area contributed by atoms with Crippen molar-refractivity contribution < 1.29 is 19.2 Å². The minimum atomic E-state index is -0.242. The lowest BCUT2D eigenvalue weighted by Gasteiger charge is -2.14. The first-order chi connectivity index (χ1) is 12.4. The van der Waals surface area contributed by atoms with Crippen molar-refractivity contribution in [1.82, 2.24) is 4.90 Å². The number of amides is 1. The number of ether oxygens (including phenoxy) is 1. The van der Waals surface area contributed by atoms with Gasteiger partial charge in [0.15, 0.2) is 0 Å². The van der Waals surface area contributed by atoms with Gasteiger partial charge < -0.3 is 9.64 Å². The molecule has 2 rings (SSSR count). The second kappa shape index (κ2) is 10.1. The molecule has 8 heteroatoms. The lowest BCUT2D eigenvalue weighted by Crippen LogP contribution is -3.06. The van der Waals surface area contributed by atoms with Gasteiger partial charge in [-0.3, -0.25) is 14.5 Å². The van der Waals surface area contributed by atoms with Gasteiger partial charge in [-0.25, -0.2) is 0 Å². The largest absolute Gasteiger partial charge is 0.460 e. The average Bonchev–Trinajstić information content (AvgIpc) is 2.84. The summed E-state index contributed by atoms with van der Waals surface area (Å²) in [5, 5.41) is 0.647. The van der Waals surface area contributed by atoms with Gasteiger partial charge in [0.25, 0.3) is 5.91 Å².